The standard InChI is InChI=1S/C40H49N5O5S/c1-6-7-8-9-10-23-50-34-21-17-29(18-22-34)32-25-41-37(42-26-32)30-13-11-28(12-14-30)24-35(39(48)43-27-36(46)45-51(5)49)44-38(47)31-15-19-33(20-16-31)40(2,3)4/h11-22,25-26,35H,6-10,23-24,27H2,1-5H3,(H,43,48)(H,44,47)(H,45,46). The zero-order valence-electron chi connectivity index (χ0n) is 30.2. The zero-order chi connectivity index (χ0) is 36.8. The predicted octanol–water partition coefficient (Wildman–Crippen LogP) is 6.32. The Morgan fingerprint density at radius 3 is 2.06 bits per heavy atom. The topological polar surface area (TPSA) is 145 Å². The van der Waals surface area contributed by atoms with Crippen LogP contribution in [0.2, 0.25) is 0 Å². The minimum absolute atomic E-state index is 0.0753. The Balaban J connectivity index is 1.40. The fourth-order valence-electron chi connectivity index (χ4n) is 5.35. The van der Waals surface area contributed by atoms with Crippen LogP contribution in [-0.4, -0.2) is 57.7 Å². The molecular formula is C40H49N5O5S. The molecule has 1 aromatic heterocycles. The molecule has 4 aromatic rings. The molecule has 10 nitrogen and oxygen atoms in total. The van der Waals surface area contributed by atoms with Gasteiger partial charge >= 0.3 is 0 Å². The molecule has 51 heavy (non-hydrogen) atoms. The summed E-state index contributed by atoms with van der Waals surface area (Å²) in [6, 6.07) is 21.7. The fraction of sp³-hybridized carbons (Fsp3) is 0.375. The van der Waals surface area contributed by atoms with Crippen molar-refractivity contribution in [3.63, 3.8) is 0 Å². The first kappa shape index (κ1) is 39.1. The smallest absolute Gasteiger partial charge is 0.280 e. The van der Waals surface area contributed by atoms with Crippen LogP contribution in [0.5, 0.6) is 5.75 Å². The van der Waals surface area contributed by atoms with Gasteiger partial charge in [-0.1, -0.05) is 102 Å². The first-order chi connectivity index (χ1) is 24.4. The number of nitrogens with one attached hydrogen (secondary N) is 3. The van der Waals surface area contributed by atoms with E-state index in [0.717, 1.165) is 46.6 Å². The molecule has 1 heterocycles. The van der Waals surface area contributed by atoms with Crippen molar-refractivity contribution < 1.29 is 23.7 Å². The lowest BCUT2D eigenvalue weighted by atomic mass is 9.86. The lowest BCUT2D eigenvalue weighted by Crippen LogP contribution is -2.50. The third-order valence-corrected chi connectivity index (χ3v) is 8.84. The highest BCUT2D eigenvalue weighted by Crippen LogP contribution is 2.24. The van der Waals surface area contributed by atoms with Crippen LogP contribution in [0.4, 0.5) is 0 Å². The van der Waals surface area contributed by atoms with E-state index < -0.39 is 35.1 Å². The van der Waals surface area contributed by atoms with Crippen LogP contribution < -0.4 is 20.1 Å². The number of aromatic nitrogens is 2. The summed E-state index contributed by atoms with van der Waals surface area (Å²) in [5.41, 5.74) is 4.86. The molecule has 0 aliphatic carbocycles. The minimum atomic E-state index is -1.56. The van der Waals surface area contributed by atoms with Gasteiger partial charge in [0.25, 0.3) is 11.8 Å². The minimum Gasteiger partial charge on any atom is -0.593 e. The van der Waals surface area contributed by atoms with Gasteiger partial charge < -0.3 is 19.9 Å². The van der Waals surface area contributed by atoms with Gasteiger partial charge in [-0.3, -0.25) is 14.4 Å². The summed E-state index contributed by atoms with van der Waals surface area (Å²) in [5.74, 6) is -0.164. The SMILES string of the molecule is CCCCCCCOc1ccc(-c2cnc(-c3ccc(CC(NC(=O)c4ccc(C(C)(C)C)cc4)C(=O)NCC(=O)N[S+](C)[O-])cc3)nc2)cc1. The maximum atomic E-state index is 13.2. The van der Waals surface area contributed by atoms with Gasteiger partial charge in [0, 0.05) is 35.5 Å². The van der Waals surface area contributed by atoms with E-state index in [2.05, 4.69) is 53.0 Å². The van der Waals surface area contributed by atoms with Crippen molar-refractivity contribution in [1.29, 1.82) is 0 Å². The van der Waals surface area contributed by atoms with E-state index in [0.29, 0.717) is 11.4 Å². The molecule has 0 fully saturated rings. The van der Waals surface area contributed by atoms with E-state index >= 15 is 0 Å². The molecule has 11 heteroatoms. The third kappa shape index (κ3) is 12.5. The van der Waals surface area contributed by atoms with Gasteiger partial charge in [0.05, 0.1) is 18.0 Å². The van der Waals surface area contributed by atoms with E-state index in [-0.39, 0.29) is 18.4 Å². The number of amides is 3. The number of hydrogen-bond donors (Lipinski definition) is 3. The van der Waals surface area contributed by atoms with Crippen LogP contribution in [-0.2, 0) is 32.8 Å². The molecule has 270 valence electrons. The van der Waals surface area contributed by atoms with Crippen molar-refractivity contribution in [1.82, 2.24) is 25.3 Å². The van der Waals surface area contributed by atoms with Gasteiger partial charge in [-0.15, -0.1) is 0 Å². The van der Waals surface area contributed by atoms with Gasteiger partial charge in [0.2, 0.25) is 5.91 Å². The molecular weight excluding hydrogens is 663 g/mol. The monoisotopic (exact) mass is 711 g/mol. The number of unbranched alkanes of at least 4 members (excludes halogenated alkanes) is 4. The van der Waals surface area contributed by atoms with Crippen LogP contribution >= 0.6 is 0 Å². The lowest BCUT2D eigenvalue weighted by Gasteiger charge is -2.20. The van der Waals surface area contributed by atoms with Crippen LogP contribution in [0.15, 0.2) is 85.2 Å². The first-order valence-corrected chi connectivity index (χ1v) is 19.0. The number of nitrogens with zero attached hydrogens (tertiary/aromatic N) is 2. The molecule has 3 amide bonds. The maximum Gasteiger partial charge on any atom is 0.280 e. The van der Waals surface area contributed by atoms with Crippen molar-refractivity contribution in [2.45, 2.75) is 77.7 Å². The summed E-state index contributed by atoms with van der Waals surface area (Å²) >= 11 is -1.56. The van der Waals surface area contributed by atoms with Gasteiger partial charge in [-0.2, -0.15) is 4.72 Å². The highest BCUT2D eigenvalue weighted by molar-refractivity contribution is 7.89. The Kier molecular flexibility index (Phi) is 14.6. The first-order valence-electron chi connectivity index (χ1n) is 17.4. The third-order valence-electron chi connectivity index (χ3n) is 8.32. The number of ether oxygens (including phenoxy) is 1. The molecule has 0 aliphatic heterocycles. The summed E-state index contributed by atoms with van der Waals surface area (Å²) < 4.78 is 19.5. The fourth-order valence-corrected chi connectivity index (χ4v) is 5.74. The quantitative estimate of drug-likeness (QED) is 0.0858. The molecule has 3 aromatic carbocycles. The summed E-state index contributed by atoms with van der Waals surface area (Å²) in [6.07, 6.45) is 11.1. The van der Waals surface area contributed by atoms with E-state index in [1.54, 1.807) is 24.5 Å². The Bertz CT molecular complexity index is 1710. The highest BCUT2D eigenvalue weighted by atomic mass is 32.2. The van der Waals surface area contributed by atoms with Crippen LogP contribution in [0.3, 0.4) is 0 Å². The van der Waals surface area contributed by atoms with Crippen LogP contribution in [0.25, 0.3) is 22.5 Å². The van der Waals surface area contributed by atoms with Gasteiger partial charge in [-0.05, 0) is 52.8 Å². The number of benzene rings is 3. The van der Waals surface area contributed by atoms with Gasteiger partial charge in [-0.25, -0.2) is 9.97 Å². The largest absolute Gasteiger partial charge is 0.593 e. The van der Waals surface area contributed by atoms with Crippen LogP contribution in [0.1, 0.15) is 81.3 Å². The Labute approximate surface area is 304 Å². The Morgan fingerprint density at radius 1 is 0.824 bits per heavy atom. The second-order valence-electron chi connectivity index (χ2n) is 13.5. The number of hydrogen-bond acceptors (Lipinski definition) is 7. The second-order valence-corrected chi connectivity index (χ2v) is 14.6. The van der Waals surface area contributed by atoms with E-state index in [1.165, 1.54) is 31.9 Å². The van der Waals surface area contributed by atoms with Crippen molar-refractivity contribution in [3.8, 4) is 28.3 Å². The summed E-state index contributed by atoms with van der Waals surface area (Å²) in [6.45, 7) is 8.82. The number of carbonyl (C=O) groups is 3. The van der Waals surface area contributed by atoms with Crippen molar-refractivity contribution >= 4 is 29.1 Å². The molecule has 0 aliphatic rings. The lowest BCUT2D eigenvalue weighted by molar-refractivity contribution is -0.126. The van der Waals surface area contributed by atoms with Gasteiger partial charge in [0.1, 0.15) is 24.6 Å². The zero-order valence-corrected chi connectivity index (χ0v) is 31.0. The summed E-state index contributed by atoms with van der Waals surface area (Å²) in [5, 5.41) is 5.36. The molecule has 2 unspecified atom stereocenters. The van der Waals surface area contributed by atoms with Gasteiger partial charge in [0.15, 0.2) is 5.82 Å². The average molecular weight is 712 g/mol. The summed E-state index contributed by atoms with van der Waals surface area (Å²) in [7, 11) is 0. The Hall–Kier alpha value is -4.74. The number of rotatable bonds is 17. The molecule has 0 radical (unpaired) electrons. The molecule has 4 rings (SSSR count). The maximum absolute atomic E-state index is 13.2. The van der Waals surface area contributed by atoms with Crippen molar-refractivity contribution in [2.75, 3.05) is 19.4 Å². The highest BCUT2D eigenvalue weighted by Gasteiger charge is 2.24. The normalized spacial score (nSPS) is 12.4. The molecule has 2 atom stereocenters. The summed E-state index contributed by atoms with van der Waals surface area (Å²) in [4.78, 5) is 47.7. The second kappa shape index (κ2) is 19.0. The number of carbonyl (C=O) groups excluding carboxylic acids is 3. The van der Waals surface area contributed by atoms with E-state index in [9.17, 15) is 18.9 Å². The molecule has 0 spiro atoms. The van der Waals surface area contributed by atoms with E-state index in [4.69, 9.17) is 4.74 Å². The van der Waals surface area contributed by atoms with Crippen molar-refractivity contribution in [2.24, 2.45) is 0 Å². The van der Waals surface area contributed by atoms with Crippen molar-refractivity contribution in [3.05, 3.63) is 102 Å². The molecule has 0 saturated carbocycles. The Morgan fingerprint density at radius 2 is 1.45 bits per heavy atom. The molecule has 3 N–H and O–H groups in total. The van der Waals surface area contributed by atoms with E-state index in [1.807, 2.05) is 60.7 Å². The molecule has 0 saturated heterocycles. The average Bonchev–Trinajstić information content (AvgIpc) is 3.12. The molecule has 0 bridgehead atoms. The predicted molar refractivity (Wildman–Crippen MR) is 202 cm³/mol. The van der Waals surface area contributed by atoms with Crippen LogP contribution in [0, 0.1) is 0 Å².